The molecule has 0 saturated heterocycles. The molecule has 0 radical (unpaired) electrons. The molecule has 0 spiro atoms. The first-order valence-electron chi connectivity index (χ1n) is 8.07. The molecule has 7 heteroatoms. The van der Waals surface area contributed by atoms with Crippen molar-refractivity contribution in [3.8, 4) is 5.69 Å². The predicted octanol–water partition coefficient (Wildman–Crippen LogP) is 4.59. The smallest absolute Gasteiger partial charge is 0.176 e. The topological polar surface area (TPSA) is 70.3 Å². The van der Waals surface area contributed by atoms with Gasteiger partial charge in [0.05, 0.1) is 11.6 Å². The summed E-state index contributed by atoms with van der Waals surface area (Å²) in [6, 6.07) is 16.2. The van der Waals surface area contributed by atoms with Crippen LogP contribution < -0.4 is 5.49 Å². The standard InChI is InChI=1S/C19H16BrN5S/c1-12-4-2-3-5-13(12)11-26-19-23-18-16(10-22-24-18)17(21)25(19)15-8-6-14(20)7-9-15/h2-10,21H,11H2,1H3,(H,22,24). The molecular formula is C19H16BrN5S. The van der Waals surface area contributed by atoms with Gasteiger partial charge >= 0.3 is 0 Å². The number of nitrogens with zero attached hydrogens (tertiary/aromatic N) is 3. The number of rotatable bonds is 4. The third-order valence-corrected chi connectivity index (χ3v) is 5.72. The van der Waals surface area contributed by atoms with Crippen LogP contribution in [0.3, 0.4) is 0 Å². The van der Waals surface area contributed by atoms with Crippen molar-refractivity contribution >= 4 is 38.7 Å². The van der Waals surface area contributed by atoms with Crippen LogP contribution in [0.4, 0.5) is 0 Å². The molecule has 0 atom stereocenters. The molecule has 2 aromatic carbocycles. The fourth-order valence-electron chi connectivity index (χ4n) is 2.74. The van der Waals surface area contributed by atoms with Crippen molar-refractivity contribution in [3.05, 3.63) is 75.8 Å². The number of aryl methyl sites for hydroxylation is 1. The van der Waals surface area contributed by atoms with Gasteiger partial charge in [-0.2, -0.15) is 5.10 Å². The lowest BCUT2D eigenvalue weighted by atomic mass is 10.1. The summed E-state index contributed by atoms with van der Waals surface area (Å²) in [6.45, 7) is 2.11. The first kappa shape index (κ1) is 17.1. The van der Waals surface area contributed by atoms with E-state index in [-0.39, 0.29) is 0 Å². The molecular weight excluding hydrogens is 410 g/mol. The number of benzene rings is 2. The first-order valence-corrected chi connectivity index (χ1v) is 9.85. The Hall–Kier alpha value is -2.38. The maximum Gasteiger partial charge on any atom is 0.176 e. The number of aromatic nitrogens is 4. The molecule has 0 bridgehead atoms. The molecule has 4 rings (SSSR count). The largest absolute Gasteiger partial charge is 0.283 e. The number of thioether (sulfide) groups is 1. The minimum absolute atomic E-state index is 0.373. The number of fused-ring (bicyclic) bond motifs is 1. The van der Waals surface area contributed by atoms with Crippen LogP contribution in [0.25, 0.3) is 16.7 Å². The Balaban J connectivity index is 1.82. The average molecular weight is 426 g/mol. The lowest BCUT2D eigenvalue weighted by Gasteiger charge is -2.14. The van der Waals surface area contributed by atoms with Gasteiger partial charge in [-0.05, 0) is 42.3 Å². The fraction of sp³-hybridized carbons (Fsp3) is 0.105. The van der Waals surface area contributed by atoms with E-state index in [9.17, 15) is 0 Å². The van der Waals surface area contributed by atoms with Crippen LogP contribution in [0.15, 0.2) is 64.4 Å². The highest BCUT2D eigenvalue weighted by atomic mass is 79.9. The molecule has 0 aliphatic heterocycles. The van der Waals surface area contributed by atoms with Crippen molar-refractivity contribution in [1.82, 2.24) is 19.7 Å². The molecule has 0 aliphatic carbocycles. The summed E-state index contributed by atoms with van der Waals surface area (Å²) >= 11 is 5.08. The Kier molecular flexibility index (Phi) is 4.65. The van der Waals surface area contributed by atoms with E-state index in [0.717, 1.165) is 21.1 Å². The second-order valence-corrected chi connectivity index (χ2v) is 7.76. The van der Waals surface area contributed by atoms with Gasteiger partial charge in [0, 0.05) is 15.9 Å². The second kappa shape index (κ2) is 7.09. The van der Waals surface area contributed by atoms with E-state index in [1.165, 1.54) is 11.1 Å². The fourth-order valence-corrected chi connectivity index (χ4v) is 4.09. The highest BCUT2D eigenvalue weighted by Gasteiger charge is 2.13. The Morgan fingerprint density at radius 2 is 1.92 bits per heavy atom. The SMILES string of the molecule is Cc1ccccc1CSc1nc2[nH]ncc2c(=N)n1-c1ccc(Br)cc1. The quantitative estimate of drug-likeness (QED) is 0.370. The number of hydrogen-bond acceptors (Lipinski definition) is 4. The number of nitrogens with one attached hydrogen (secondary N) is 2. The van der Waals surface area contributed by atoms with Crippen LogP contribution in [0, 0.1) is 12.3 Å². The number of hydrogen-bond donors (Lipinski definition) is 2. The average Bonchev–Trinajstić information content (AvgIpc) is 3.11. The molecule has 130 valence electrons. The zero-order chi connectivity index (χ0) is 18.1. The highest BCUT2D eigenvalue weighted by molar-refractivity contribution is 9.10. The van der Waals surface area contributed by atoms with Gasteiger partial charge < -0.3 is 0 Å². The monoisotopic (exact) mass is 425 g/mol. The van der Waals surface area contributed by atoms with Crippen molar-refractivity contribution < 1.29 is 0 Å². The molecule has 26 heavy (non-hydrogen) atoms. The maximum absolute atomic E-state index is 8.65. The Labute approximate surface area is 163 Å². The molecule has 2 heterocycles. The van der Waals surface area contributed by atoms with Gasteiger partial charge in [0.1, 0.15) is 5.49 Å². The molecule has 0 amide bonds. The van der Waals surface area contributed by atoms with E-state index in [4.69, 9.17) is 10.4 Å². The molecule has 2 N–H and O–H groups in total. The van der Waals surface area contributed by atoms with Crippen molar-refractivity contribution in [3.63, 3.8) is 0 Å². The van der Waals surface area contributed by atoms with Gasteiger partial charge in [-0.1, -0.05) is 52.0 Å². The predicted molar refractivity (Wildman–Crippen MR) is 108 cm³/mol. The summed E-state index contributed by atoms with van der Waals surface area (Å²) in [5, 5.41) is 17.0. The van der Waals surface area contributed by atoms with Gasteiger partial charge in [-0.25, -0.2) is 4.98 Å². The number of H-pyrrole nitrogens is 1. The minimum atomic E-state index is 0.373. The minimum Gasteiger partial charge on any atom is -0.283 e. The summed E-state index contributed by atoms with van der Waals surface area (Å²) in [7, 11) is 0. The molecule has 0 aliphatic rings. The zero-order valence-electron chi connectivity index (χ0n) is 14.0. The zero-order valence-corrected chi connectivity index (χ0v) is 16.4. The van der Waals surface area contributed by atoms with E-state index >= 15 is 0 Å². The van der Waals surface area contributed by atoms with E-state index in [1.807, 2.05) is 41.0 Å². The Bertz CT molecular complexity index is 1130. The summed E-state index contributed by atoms with van der Waals surface area (Å²) in [6.07, 6.45) is 1.65. The van der Waals surface area contributed by atoms with Gasteiger partial charge in [-0.3, -0.25) is 15.1 Å². The van der Waals surface area contributed by atoms with Crippen molar-refractivity contribution in [1.29, 1.82) is 5.41 Å². The van der Waals surface area contributed by atoms with Crippen molar-refractivity contribution in [2.24, 2.45) is 0 Å². The Morgan fingerprint density at radius 1 is 1.15 bits per heavy atom. The molecule has 0 saturated carbocycles. The summed E-state index contributed by atoms with van der Waals surface area (Å²) in [5.74, 6) is 0.787. The summed E-state index contributed by atoms with van der Waals surface area (Å²) < 4.78 is 2.87. The van der Waals surface area contributed by atoms with Crippen molar-refractivity contribution in [2.45, 2.75) is 17.8 Å². The molecule has 5 nitrogen and oxygen atoms in total. The van der Waals surface area contributed by atoms with Crippen LogP contribution in [0.5, 0.6) is 0 Å². The van der Waals surface area contributed by atoms with Crippen molar-refractivity contribution in [2.75, 3.05) is 0 Å². The van der Waals surface area contributed by atoms with E-state index in [2.05, 4.69) is 45.2 Å². The third kappa shape index (κ3) is 3.20. The van der Waals surface area contributed by atoms with E-state index in [1.54, 1.807) is 18.0 Å². The molecule has 2 aromatic heterocycles. The van der Waals surface area contributed by atoms with Gasteiger partial charge in [0.2, 0.25) is 0 Å². The molecule has 0 fully saturated rings. The van der Waals surface area contributed by atoms with Gasteiger partial charge in [0.15, 0.2) is 10.8 Å². The lowest BCUT2D eigenvalue weighted by molar-refractivity contribution is 0.787. The summed E-state index contributed by atoms with van der Waals surface area (Å²) in [5.41, 5.74) is 4.43. The van der Waals surface area contributed by atoms with Crippen LogP contribution in [0.1, 0.15) is 11.1 Å². The van der Waals surface area contributed by atoms with E-state index in [0.29, 0.717) is 16.5 Å². The molecule has 4 aromatic rings. The van der Waals surface area contributed by atoms with Crippen LogP contribution >= 0.6 is 27.7 Å². The molecule has 0 unspecified atom stereocenters. The number of halogens is 1. The Morgan fingerprint density at radius 3 is 2.69 bits per heavy atom. The lowest BCUT2D eigenvalue weighted by Crippen LogP contribution is -2.21. The normalized spacial score (nSPS) is 11.2. The van der Waals surface area contributed by atoms with Crippen LogP contribution in [-0.2, 0) is 5.75 Å². The third-order valence-electron chi connectivity index (χ3n) is 4.20. The van der Waals surface area contributed by atoms with Crippen LogP contribution in [-0.4, -0.2) is 19.7 Å². The number of aromatic amines is 1. The first-order chi connectivity index (χ1) is 12.6. The second-order valence-electron chi connectivity index (χ2n) is 5.90. The highest BCUT2D eigenvalue weighted by Crippen LogP contribution is 2.25. The van der Waals surface area contributed by atoms with Crippen LogP contribution in [0.2, 0.25) is 0 Å². The maximum atomic E-state index is 8.65. The van der Waals surface area contributed by atoms with Gasteiger partial charge in [-0.15, -0.1) is 0 Å². The van der Waals surface area contributed by atoms with Gasteiger partial charge in [0.25, 0.3) is 0 Å². The summed E-state index contributed by atoms with van der Waals surface area (Å²) in [4.78, 5) is 4.72. The van der Waals surface area contributed by atoms with E-state index < -0.39 is 0 Å².